The summed E-state index contributed by atoms with van der Waals surface area (Å²) in [5, 5.41) is 19.8. The van der Waals surface area contributed by atoms with Gasteiger partial charge in [-0.25, -0.2) is 0 Å². The molecule has 0 saturated heterocycles. The van der Waals surface area contributed by atoms with E-state index in [4.69, 9.17) is 0 Å². The van der Waals surface area contributed by atoms with Gasteiger partial charge in [-0.1, -0.05) is 12.1 Å². The van der Waals surface area contributed by atoms with Crippen LogP contribution in [-0.4, -0.2) is 37.8 Å². The Morgan fingerprint density at radius 1 is 1.22 bits per heavy atom. The lowest BCUT2D eigenvalue weighted by atomic mass is 10.0. The molecule has 0 spiro atoms. The molecule has 0 saturated carbocycles. The number of hydrogen-bond donors (Lipinski definition) is 2. The Morgan fingerprint density at radius 3 is 2.83 bits per heavy atom. The van der Waals surface area contributed by atoms with Crippen LogP contribution in [0.5, 0.6) is 5.75 Å². The van der Waals surface area contributed by atoms with Crippen LogP contribution in [0.2, 0.25) is 0 Å². The summed E-state index contributed by atoms with van der Waals surface area (Å²) in [7, 11) is 0. The van der Waals surface area contributed by atoms with E-state index in [2.05, 4.69) is 33.9 Å². The SMILES string of the molecule is CC(C)N1CCc2c([nH]c3nnc(-c4ccccc4O)cc23)C1. The Labute approximate surface area is 135 Å². The van der Waals surface area contributed by atoms with E-state index in [1.165, 1.54) is 11.3 Å². The first kappa shape index (κ1) is 14.2. The molecule has 0 aliphatic carbocycles. The maximum atomic E-state index is 10.0. The summed E-state index contributed by atoms with van der Waals surface area (Å²) in [6.07, 6.45) is 1.01. The van der Waals surface area contributed by atoms with Crippen LogP contribution in [0.25, 0.3) is 22.3 Å². The topological polar surface area (TPSA) is 65.0 Å². The molecule has 5 heteroatoms. The fourth-order valence-corrected chi connectivity index (χ4v) is 3.32. The van der Waals surface area contributed by atoms with E-state index >= 15 is 0 Å². The Kier molecular flexibility index (Phi) is 3.31. The molecule has 0 unspecified atom stereocenters. The molecule has 23 heavy (non-hydrogen) atoms. The van der Waals surface area contributed by atoms with Gasteiger partial charge in [-0.3, -0.25) is 4.90 Å². The molecule has 3 aromatic rings. The van der Waals surface area contributed by atoms with E-state index in [9.17, 15) is 5.11 Å². The van der Waals surface area contributed by atoms with Crippen molar-refractivity contribution >= 4 is 11.0 Å². The number of nitrogens with one attached hydrogen (secondary N) is 1. The Balaban J connectivity index is 1.80. The van der Waals surface area contributed by atoms with Gasteiger partial charge in [0, 0.05) is 35.8 Å². The van der Waals surface area contributed by atoms with Gasteiger partial charge < -0.3 is 10.1 Å². The predicted octanol–water partition coefficient (Wildman–Crippen LogP) is 3.10. The van der Waals surface area contributed by atoms with Crippen molar-refractivity contribution in [1.29, 1.82) is 0 Å². The van der Waals surface area contributed by atoms with Crippen LogP contribution >= 0.6 is 0 Å². The Morgan fingerprint density at radius 2 is 2.04 bits per heavy atom. The number of hydrogen-bond acceptors (Lipinski definition) is 4. The van der Waals surface area contributed by atoms with Crippen LogP contribution in [-0.2, 0) is 13.0 Å². The number of phenolic OH excluding ortho intramolecular Hbond substituents is 1. The van der Waals surface area contributed by atoms with E-state index in [1.54, 1.807) is 6.07 Å². The van der Waals surface area contributed by atoms with Gasteiger partial charge in [-0.2, -0.15) is 0 Å². The highest BCUT2D eigenvalue weighted by atomic mass is 16.3. The van der Waals surface area contributed by atoms with Crippen LogP contribution < -0.4 is 0 Å². The highest BCUT2D eigenvalue weighted by molar-refractivity contribution is 5.85. The van der Waals surface area contributed by atoms with E-state index in [0.717, 1.165) is 36.1 Å². The van der Waals surface area contributed by atoms with Gasteiger partial charge in [-0.15, -0.1) is 10.2 Å². The van der Waals surface area contributed by atoms with Gasteiger partial charge in [0.25, 0.3) is 0 Å². The van der Waals surface area contributed by atoms with E-state index in [-0.39, 0.29) is 5.75 Å². The van der Waals surface area contributed by atoms with E-state index < -0.39 is 0 Å². The molecule has 1 aromatic carbocycles. The van der Waals surface area contributed by atoms with Gasteiger partial charge in [-0.05, 0) is 44.0 Å². The second-order valence-corrected chi connectivity index (χ2v) is 6.41. The molecule has 0 atom stereocenters. The maximum Gasteiger partial charge on any atom is 0.160 e. The predicted molar refractivity (Wildman–Crippen MR) is 90.2 cm³/mol. The van der Waals surface area contributed by atoms with Crippen LogP contribution in [0.3, 0.4) is 0 Å². The number of H-pyrrole nitrogens is 1. The monoisotopic (exact) mass is 308 g/mol. The zero-order valence-corrected chi connectivity index (χ0v) is 13.4. The van der Waals surface area contributed by atoms with Crippen LogP contribution in [0.4, 0.5) is 0 Å². The third-order valence-corrected chi connectivity index (χ3v) is 4.67. The summed E-state index contributed by atoms with van der Waals surface area (Å²) in [5.74, 6) is 0.233. The zero-order chi connectivity index (χ0) is 16.0. The van der Waals surface area contributed by atoms with Crippen molar-refractivity contribution in [3.8, 4) is 17.0 Å². The van der Waals surface area contributed by atoms with Crippen molar-refractivity contribution in [2.24, 2.45) is 0 Å². The highest BCUT2D eigenvalue weighted by Gasteiger charge is 2.23. The first-order valence-corrected chi connectivity index (χ1v) is 8.03. The van der Waals surface area contributed by atoms with E-state index in [1.807, 2.05) is 24.3 Å². The van der Waals surface area contributed by atoms with Gasteiger partial charge in [0.2, 0.25) is 0 Å². The lowest BCUT2D eigenvalue weighted by molar-refractivity contribution is 0.201. The third-order valence-electron chi connectivity index (χ3n) is 4.67. The van der Waals surface area contributed by atoms with Crippen molar-refractivity contribution < 1.29 is 5.11 Å². The lowest BCUT2D eigenvalue weighted by Gasteiger charge is -2.30. The van der Waals surface area contributed by atoms with Crippen molar-refractivity contribution in [2.45, 2.75) is 32.9 Å². The summed E-state index contributed by atoms with van der Waals surface area (Å²) < 4.78 is 0. The molecular weight excluding hydrogens is 288 g/mol. The summed E-state index contributed by atoms with van der Waals surface area (Å²) in [4.78, 5) is 5.87. The molecule has 2 aromatic heterocycles. The number of aromatic hydroxyl groups is 1. The molecule has 1 aliphatic rings. The minimum Gasteiger partial charge on any atom is -0.507 e. The largest absolute Gasteiger partial charge is 0.507 e. The second-order valence-electron chi connectivity index (χ2n) is 6.41. The average molecular weight is 308 g/mol. The first-order valence-electron chi connectivity index (χ1n) is 8.03. The number of aromatic amines is 1. The Bertz CT molecular complexity index is 869. The number of fused-ring (bicyclic) bond motifs is 3. The normalized spacial score (nSPS) is 15.3. The molecule has 1 aliphatic heterocycles. The number of para-hydroxylation sites is 1. The van der Waals surface area contributed by atoms with Crippen LogP contribution in [0.15, 0.2) is 30.3 Å². The summed E-state index contributed by atoms with van der Waals surface area (Å²) in [6, 6.07) is 9.83. The lowest BCUT2D eigenvalue weighted by Crippen LogP contribution is -2.35. The molecule has 0 fully saturated rings. The van der Waals surface area contributed by atoms with Crippen LogP contribution in [0, 0.1) is 0 Å². The molecule has 0 amide bonds. The number of aromatic nitrogens is 3. The average Bonchev–Trinajstić information content (AvgIpc) is 2.92. The molecule has 118 valence electrons. The van der Waals surface area contributed by atoms with E-state index in [0.29, 0.717) is 11.7 Å². The number of phenols is 1. The van der Waals surface area contributed by atoms with Crippen molar-refractivity contribution in [2.75, 3.05) is 6.54 Å². The number of rotatable bonds is 2. The quantitative estimate of drug-likeness (QED) is 0.763. The number of benzene rings is 1. The van der Waals surface area contributed by atoms with Crippen molar-refractivity contribution in [3.63, 3.8) is 0 Å². The molecule has 0 radical (unpaired) electrons. The van der Waals surface area contributed by atoms with Gasteiger partial charge >= 0.3 is 0 Å². The minimum atomic E-state index is 0.233. The summed E-state index contributed by atoms with van der Waals surface area (Å²) in [5.41, 5.74) is 4.84. The minimum absolute atomic E-state index is 0.233. The molecule has 0 bridgehead atoms. The third kappa shape index (κ3) is 2.37. The van der Waals surface area contributed by atoms with Crippen LogP contribution in [0.1, 0.15) is 25.1 Å². The second kappa shape index (κ2) is 5.35. The molecule has 2 N–H and O–H groups in total. The standard InChI is InChI=1S/C18H20N4O/c1-11(2)22-8-7-12-14-9-15(13-5-3-4-6-17(13)23)20-21-18(14)19-16(12)10-22/h3-6,9,11,23H,7-8,10H2,1-2H3,(H,19,21). The molecule has 5 nitrogen and oxygen atoms in total. The Hall–Kier alpha value is -2.40. The zero-order valence-electron chi connectivity index (χ0n) is 13.4. The molecule has 4 rings (SSSR count). The van der Waals surface area contributed by atoms with Gasteiger partial charge in [0.05, 0.1) is 5.69 Å². The van der Waals surface area contributed by atoms with Gasteiger partial charge in [0.15, 0.2) is 5.65 Å². The first-order chi connectivity index (χ1) is 11.1. The van der Waals surface area contributed by atoms with Crippen molar-refractivity contribution in [3.05, 3.63) is 41.6 Å². The fourth-order valence-electron chi connectivity index (χ4n) is 3.32. The maximum absolute atomic E-state index is 10.0. The smallest absolute Gasteiger partial charge is 0.160 e. The fraction of sp³-hybridized carbons (Fsp3) is 0.333. The van der Waals surface area contributed by atoms with Gasteiger partial charge in [0.1, 0.15) is 5.75 Å². The molecular formula is C18H20N4O. The summed E-state index contributed by atoms with van der Waals surface area (Å²) in [6.45, 7) is 6.44. The summed E-state index contributed by atoms with van der Waals surface area (Å²) >= 11 is 0. The number of nitrogens with zero attached hydrogens (tertiary/aromatic N) is 3. The van der Waals surface area contributed by atoms with Crippen molar-refractivity contribution in [1.82, 2.24) is 20.1 Å². The molecule has 3 heterocycles. The highest BCUT2D eigenvalue weighted by Crippen LogP contribution is 2.32.